The fourth-order valence-corrected chi connectivity index (χ4v) is 3.29. The van der Waals surface area contributed by atoms with Crippen LogP contribution in [0.3, 0.4) is 0 Å². The highest BCUT2D eigenvalue weighted by Gasteiger charge is 2.26. The monoisotopic (exact) mass is 338 g/mol. The van der Waals surface area contributed by atoms with Gasteiger partial charge in [-0.2, -0.15) is 0 Å². The molecular weight excluding hydrogens is 316 g/mol. The van der Waals surface area contributed by atoms with Crippen molar-refractivity contribution in [3.63, 3.8) is 0 Å². The minimum Gasteiger partial charge on any atom is -0.491 e. The predicted molar refractivity (Wildman–Crippen MR) is 96.1 cm³/mol. The van der Waals surface area contributed by atoms with Gasteiger partial charge < -0.3 is 19.9 Å². The summed E-state index contributed by atoms with van der Waals surface area (Å²) in [5, 5.41) is 3.07. The molecule has 1 saturated heterocycles. The highest BCUT2D eigenvalue weighted by molar-refractivity contribution is 5.95. The third-order valence-corrected chi connectivity index (χ3v) is 4.84. The van der Waals surface area contributed by atoms with Crippen LogP contribution in [0.5, 0.6) is 5.75 Å². The molecule has 6 heteroatoms. The third kappa shape index (κ3) is 3.30. The number of nitrogens with zero attached hydrogens (tertiary/aromatic N) is 3. The number of nitrogens with one attached hydrogen (secondary N) is 1. The van der Waals surface area contributed by atoms with Crippen LogP contribution in [0.15, 0.2) is 42.6 Å². The van der Waals surface area contributed by atoms with Crippen LogP contribution in [0.2, 0.25) is 0 Å². The molecule has 3 heterocycles. The molecule has 0 spiro atoms. The first-order chi connectivity index (χ1) is 12.2. The average molecular weight is 338 g/mol. The summed E-state index contributed by atoms with van der Waals surface area (Å²) in [4.78, 5) is 21.6. The smallest absolute Gasteiger partial charge is 0.252 e. The molecule has 2 aliphatic rings. The zero-order valence-electron chi connectivity index (χ0n) is 14.3. The zero-order chi connectivity index (χ0) is 17.2. The van der Waals surface area contributed by atoms with Gasteiger partial charge in [-0.1, -0.05) is 18.2 Å². The van der Waals surface area contributed by atoms with E-state index < -0.39 is 0 Å². The summed E-state index contributed by atoms with van der Waals surface area (Å²) in [5.74, 6) is 1.62. The van der Waals surface area contributed by atoms with Gasteiger partial charge in [-0.15, -0.1) is 0 Å². The van der Waals surface area contributed by atoms with Crippen molar-refractivity contribution < 1.29 is 9.53 Å². The molecule has 0 radical (unpaired) electrons. The summed E-state index contributed by atoms with van der Waals surface area (Å²) in [5.41, 5.74) is 1.66. The normalized spacial score (nSPS) is 20.0. The number of anilines is 1. The number of likely N-dealkylation sites (N-methyl/N-ethyl adjacent to an activating group) is 1. The maximum atomic E-state index is 12.7. The fraction of sp³-hybridized carbons (Fsp3) is 0.368. The van der Waals surface area contributed by atoms with Crippen LogP contribution in [0.25, 0.3) is 0 Å². The topological polar surface area (TPSA) is 57.7 Å². The van der Waals surface area contributed by atoms with Gasteiger partial charge in [0.2, 0.25) is 0 Å². The van der Waals surface area contributed by atoms with Crippen LogP contribution < -0.4 is 15.0 Å². The van der Waals surface area contributed by atoms with Gasteiger partial charge in [0.05, 0.1) is 6.04 Å². The largest absolute Gasteiger partial charge is 0.491 e. The molecule has 4 rings (SSSR count). The summed E-state index contributed by atoms with van der Waals surface area (Å²) in [7, 11) is 2.12. The Hall–Kier alpha value is -2.60. The van der Waals surface area contributed by atoms with E-state index in [1.165, 1.54) is 0 Å². The number of rotatable bonds is 3. The van der Waals surface area contributed by atoms with Crippen molar-refractivity contribution in [3.05, 3.63) is 53.7 Å². The number of piperazine rings is 1. The lowest BCUT2D eigenvalue weighted by atomic mass is 10.1. The summed E-state index contributed by atoms with van der Waals surface area (Å²) in [6.45, 7) is 4.35. The quantitative estimate of drug-likeness (QED) is 0.923. The average Bonchev–Trinajstić information content (AvgIpc) is 3.05. The van der Waals surface area contributed by atoms with Gasteiger partial charge in [0.25, 0.3) is 5.91 Å². The lowest BCUT2D eigenvalue weighted by molar-refractivity contribution is 0.0930. The Morgan fingerprint density at radius 3 is 2.84 bits per heavy atom. The summed E-state index contributed by atoms with van der Waals surface area (Å²) >= 11 is 0. The summed E-state index contributed by atoms with van der Waals surface area (Å²) in [6.07, 6.45) is 1.71. The number of benzene rings is 1. The van der Waals surface area contributed by atoms with Crippen LogP contribution in [0.1, 0.15) is 22.0 Å². The van der Waals surface area contributed by atoms with E-state index in [0.717, 1.165) is 43.3 Å². The molecule has 1 amide bonds. The molecule has 2 aliphatic heterocycles. The number of hydrogen-bond acceptors (Lipinski definition) is 5. The van der Waals surface area contributed by atoms with Gasteiger partial charge in [-0.25, -0.2) is 4.98 Å². The van der Waals surface area contributed by atoms with E-state index in [0.29, 0.717) is 12.2 Å². The maximum Gasteiger partial charge on any atom is 0.252 e. The number of aromatic nitrogens is 1. The molecule has 0 bridgehead atoms. The van der Waals surface area contributed by atoms with E-state index in [2.05, 4.69) is 27.1 Å². The molecule has 1 fully saturated rings. The number of ether oxygens (including phenoxy) is 1. The van der Waals surface area contributed by atoms with Crippen molar-refractivity contribution in [3.8, 4) is 5.75 Å². The van der Waals surface area contributed by atoms with Crippen LogP contribution >= 0.6 is 0 Å². The Balaban J connectivity index is 1.47. The first-order valence-electron chi connectivity index (χ1n) is 8.63. The van der Waals surface area contributed by atoms with Crippen LogP contribution in [-0.4, -0.2) is 55.6 Å². The van der Waals surface area contributed by atoms with Crippen molar-refractivity contribution in [1.82, 2.24) is 15.2 Å². The lowest BCUT2D eigenvalue weighted by Crippen LogP contribution is -2.44. The first kappa shape index (κ1) is 15.9. The number of carbonyl (C=O) groups is 1. The highest BCUT2D eigenvalue weighted by Crippen LogP contribution is 2.31. The van der Waals surface area contributed by atoms with Gasteiger partial charge in [-0.3, -0.25) is 4.79 Å². The Morgan fingerprint density at radius 2 is 2.00 bits per heavy atom. The molecule has 6 nitrogen and oxygen atoms in total. The zero-order valence-corrected chi connectivity index (χ0v) is 14.3. The van der Waals surface area contributed by atoms with Gasteiger partial charge in [0.15, 0.2) is 0 Å². The van der Waals surface area contributed by atoms with E-state index in [1.54, 1.807) is 12.3 Å². The van der Waals surface area contributed by atoms with E-state index in [-0.39, 0.29) is 11.9 Å². The summed E-state index contributed by atoms with van der Waals surface area (Å²) < 4.78 is 5.64. The third-order valence-electron chi connectivity index (χ3n) is 4.84. The second-order valence-electron chi connectivity index (χ2n) is 6.57. The molecule has 1 aromatic carbocycles. The molecule has 1 atom stereocenters. The van der Waals surface area contributed by atoms with Gasteiger partial charge in [-0.05, 0) is 25.2 Å². The minimum absolute atomic E-state index is 0.0944. The maximum absolute atomic E-state index is 12.7. The van der Waals surface area contributed by atoms with Crippen LogP contribution in [-0.2, 0) is 0 Å². The molecule has 2 aromatic rings. The standard InChI is InChI=1S/C19H22N4O2/c1-22-8-10-23(11-9-22)18-12-14(6-7-20-18)19(24)21-16-13-25-17-5-3-2-4-15(16)17/h2-7,12,16H,8-11,13H2,1H3,(H,21,24)/t16-/m1/s1. The number of carbonyl (C=O) groups excluding carboxylic acids is 1. The number of pyridine rings is 1. The van der Waals surface area contributed by atoms with Crippen molar-refractivity contribution in [1.29, 1.82) is 0 Å². The molecule has 1 aromatic heterocycles. The predicted octanol–water partition coefficient (Wildman–Crippen LogP) is 1.70. The molecule has 130 valence electrons. The van der Waals surface area contributed by atoms with Gasteiger partial charge >= 0.3 is 0 Å². The Kier molecular flexibility index (Phi) is 4.28. The van der Waals surface area contributed by atoms with Crippen molar-refractivity contribution in [2.45, 2.75) is 6.04 Å². The SMILES string of the molecule is CN1CCN(c2cc(C(=O)N[C@@H]3COc4ccccc43)ccn2)CC1. The number of fused-ring (bicyclic) bond motifs is 1. The van der Waals surface area contributed by atoms with E-state index in [9.17, 15) is 4.79 Å². The van der Waals surface area contributed by atoms with Gasteiger partial charge in [0.1, 0.15) is 18.2 Å². The Morgan fingerprint density at radius 1 is 1.20 bits per heavy atom. The van der Waals surface area contributed by atoms with Crippen LogP contribution in [0.4, 0.5) is 5.82 Å². The number of hydrogen-bond donors (Lipinski definition) is 1. The molecule has 0 unspecified atom stereocenters. The molecule has 0 saturated carbocycles. The molecule has 25 heavy (non-hydrogen) atoms. The highest BCUT2D eigenvalue weighted by atomic mass is 16.5. The number of amides is 1. The van der Waals surface area contributed by atoms with Gasteiger partial charge in [0, 0.05) is 43.5 Å². The number of para-hydroxylation sites is 1. The molecule has 0 aliphatic carbocycles. The Bertz CT molecular complexity index is 772. The Labute approximate surface area is 147 Å². The van der Waals surface area contributed by atoms with Crippen molar-refractivity contribution >= 4 is 11.7 Å². The van der Waals surface area contributed by atoms with Crippen molar-refractivity contribution in [2.75, 3.05) is 44.7 Å². The minimum atomic E-state index is -0.107. The van der Waals surface area contributed by atoms with Crippen LogP contribution in [0, 0.1) is 0 Å². The lowest BCUT2D eigenvalue weighted by Gasteiger charge is -2.33. The van der Waals surface area contributed by atoms with E-state index >= 15 is 0 Å². The fourth-order valence-electron chi connectivity index (χ4n) is 3.29. The molecular formula is C19H22N4O2. The summed E-state index contributed by atoms with van der Waals surface area (Å²) in [6, 6.07) is 11.4. The van der Waals surface area contributed by atoms with Crippen molar-refractivity contribution in [2.24, 2.45) is 0 Å². The first-order valence-corrected chi connectivity index (χ1v) is 8.63. The van der Waals surface area contributed by atoms with E-state index in [4.69, 9.17) is 4.74 Å². The molecule has 1 N–H and O–H groups in total. The second-order valence-corrected chi connectivity index (χ2v) is 6.57. The second kappa shape index (κ2) is 6.72. The van der Waals surface area contributed by atoms with E-state index in [1.807, 2.05) is 30.3 Å².